The van der Waals surface area contributed by atoms with Crippen molar-refractivity contribution in [1.82, 2.24) is 4.90 Å². The zero-order chi connectivity index (χ0) is 21.5. The largest absolute Gasteiger partial charge is 0.383 e. The molecule has 6 nitrogen and oxygen atoms in total. The molecule has 0 aliphatic rings. The molecule has 0 radical (unpaired) electrons. The van der Waals surface area contributed by atoms with Crippen LogP contribution in [0.15, 0.2) is 18.2 Å². The molecule has 1 aromatic rings. The van der Waals surface area contributed by atoms with Gasteiger partial charge in [0, 0.05) is 58.0 Å². The number of rotatable bonds is 9. The Morgan fingerprint density at radius 2 is 1.82 bits per heavy atom. The summed E-state index contributed by atoms with van der Waals surface area (Å²) in [4.78, 5) is 28.8. The summed E-state index contributed by atoms with van der Waals surface area (Å²) in [5, 5.41) is 2.95. The van der Waals surface area contributed by atoms with Gasteiger partial charge in [-0.2, -0.15) is 0 Å². The Balaban J connectivity index is 3.16. The van der Waals surface area contributed by atoms with Crippen LogP contribution in [0.5, 0.6) is 0 Å². The molecule has 1 aromatic carbocycles. The first-order valence-electron chi connectivity index (χ1n) is 9.82. The maximum atomic E-state index is 12.9. The SMILES string of the molecule is COCCN(Cc1cc(NC(=O)C(C)C)ccc1N(C)C)C(=O)CC(C)(C)C. The van der Waals surface area contributed by atoms with Crippen LogP contribution in [0.25, 0.3) is 0 Å². The number of anilines is 2. The van der Waals surface area contributed by atoms with E-state index in [1.807, 2.05) is 55.9 Å². The molecule has 1 N–H and O–H groups in total. The van der Waals surface area contributed by atoms with Crippen molar-refractivity contribution in [3.8, 4) is 0 Å². The molecule has 0 spiro atoms. The molecular formula is C22H37N3O3. The molecule has 1 rings (SSSR count). The Labute approximate surface area is 170 Å². The maximum Gasteiger partial charge on any atom is 0.226 e. The minimum Gasteiger partial charge on any atom is -0.383 e. The van der Waals surface area contributed by atoms with Crippen molar-refractivity contribution in [2.45, 2.75) is 47.6 Å². The molecule has 2 amide bonds. The molecule has 0 fully saturated rings. The van der Waals surface area contributed by atoms with Gasteiger partial charge in [-0.3, -0.25) is 9.59 Å². The van der Waals surface area contributed by atoms with Gasteiger partial charge < -0.3 is 19.9 Å². The molecule has 158 valence electrons. The molecular weight excluding hydrogens is 354 g/mol. The average molecular weight is 392 g/mol. The van der Waals surface area contributed by atoms with Crippen molar-refractivity contribution < 1.29 is 14.3 Å². The summed E-state index contributed by atoms with van der Waals surface area (Å²) in [6.45, 7) is 11.4. The van der Waals surface area contributed by atoms with Crippen LogP contribution in [0, 0.1) is 11.3 Å². The highest BCUT2D eigenvalue weighted by molar-refractivity contribution is 5.92. The Bertz CT molecular complexity index is 663. The van der Waals surface area contributed by atoms with Crippen molar-refractivity contribution in [3.05, 3.63) is 23.8 Å². The van der Waals surface area contributed by atoms with E-state index >= 15 is 0 Å². The highest BCUT2D eigenvalue weighted by Crippen LogP contribution is 2.26. The van der Waals surface area contributed by atoms with E-state index in [0.29, 0.717) is 26.1 Å². The average Bonchev–Trinajstić information content (AvgIpc) is 2.56. The Morgan fingerprint density at radius 3 is 2.32 bits per heavy atom. The summed E-state index contributed by atoms with van der Waals surface area (Å²) >= 11 is 0. The number of amides is 2. The molecule has 0 aromatic heterocycles. The summed E-state index contributed by atoms with van der Waals surface area (Å²) in [6.07, 6.45) is 0.470. The number of ether oxygens (including phenoxy) is 1. The van der Waals surface area contributed by atoms with Gasteiger partial charge in [-0.1, -0.05) is 34.6 Å². The van der Waals surface area contributed by atoms with Gasteiger partial charge in [0.15, 0.2) is 0 Å². The molecule has 6 heteroatoms. The van der Waals surface area contributed by atoms with Gasteiger partial charge in [0.25, 0.3) is 0 Å². The molecule has 0 aliphatic heterocycles. The van der Waals surface area contributed by atoms with Crippen molar-refractivity contribution in [2.24, 2.45) is 11.3 Å². The summed E-state index contributed by atoms with van der Waals surface area (Å²) in [6, 6.07) is 5.84. The number of hydrogen-bond acceptors (Lipinski definition) is 4. The smallest absolute Gasteiger partial charge is 0.226 e. The molecule has 0 heterocycles. The zero-order valence-corrected chi connectivity index (χ0v) is 18.8. The molecule has 0 aliphatic carbocycles. The van der Waals surface area contributed by atoms with Gasteiger partial charge in [-0.25, -0.2) is 0 Å². The van der Waals surface area contributed by atoms with Gasteiger partial charge in [0.1, 0.15) is 0 Å². The number of carbonyl (C=O) groups is 2. The molecule has 0 unspecified atom stereocenters. The van der Waals surface area contributed by atoms with Gasteiger partial charge in [-0.15, -0.1) is 0 Å². The first kappa shape index (κ1) is 24.0. The second-order valence-electron chi connectivity index (χ2n) is 8.93. The summed E-state index contributed by atoms with van der Waals surface area (Å²) in [7, 11) is 5.59. The monoisotopic (exact) mass is 391 g/mol. The van der Waals surface area contributed by atoms with Crippen LogP contribution < -0.4 is 10.2 Å². The highest BCUT2D eigenvalue weighted by Gasteiger charge is 2.22. The molecule has 0 bridgehead atoms. The van der Waals surface area contributed by atoms with Crippen LogP contribution >= 0.6 is 0 Å². The normalized spacial score (nSPS) is 11.5. The van der Waals surface area contributed by atoms with E-state index in [-0.39, 0.29) is 23.1 Å². The van der Waals surface area contributed by atoms with E-state index in [2.05, 4.69) is 26.1 Å². The van der Waals surface area contributed by atoms with Gasteiger partial charge >= 0.3 is 0 Å². The third kappa shape index (κ3) is 7.89. The second kappa shape index (κ2) is 10.5. The number of benzene rings is 1. The van der Waals surface area contributed by atoms with Crippen molar-refractivity contribution in [1.29, 1.82) is 0 Å². The number of nitrogens with one attached hydrogen (secondary N) is 1. The number of carbonyl (C=O) groups excluding carboxylic acids is 2. The van der Waals surface area contributed by atoms with E-state index in [1.54, 1.807) is 7.11 Å². The van der Waals surface area contributed by atoms with E-state index in [0.717, 1.165) is 16.9 Å². The lowest BCUT2D eigenvalue weighted by Crippen LogP contribution is -2.36. The number of methoxy groups -OCH3 is 1. The Hall–Kier alpha value is -2.08. The van der Waals surface area contributed by atoms with Crippen molar-refractivity contribution in [2.75, 3.05) is 44.6 Å². The van der Waals surface area contributed by atoms with E-state index < -0.39 is 0 Å². The summed E-state index contributed by atoms with van der Waals surface area (Å²) in [5.41, 5.74) is 2.67. The van der Waals surface area contributed by atoms with Gasteiger partial charge in [0.05, 0.1) is 6.61 Å². The third-order valence-electron chi connectivity index (χ3n) is 4.31. The summed E-state index contributed by atoms with van der Waals surface area (Å²) < 4.78 is 5.21. The Kier molecular flexibility index (Phi) is 8.95. The Morgan fingerprint density at radius 1 is 1.18 bits per heavy atom. The standard InChI is InChI=1S/C22H37N3O3/c1-16(2)21(27)23-18-9-10-19(24(6)7)17(13-18)15-25(11-12-28-8)20(26)14-22(3,4)5/h9-10,13,16H,11-12,14-15H2,1-8H3,(H,23,27). The number of hydrogen-bond donors (Lipinski definition) is 1. The van der Waals surface area contributed by atoms with Gasteiger partial charge in [0.2, 0.25) is 11.8 Å². The quantitative estimate of drug-likeness (QED) is 0.696. The van der Waals surface area contributed by atoms with Crippen molar-refractivity contribution in [3.63, 3.8) is 0 Å². The van der Waals surface area contributed by atoms with E-state index in [1.165, 1.54) is 0 Å². The fourth-order valence-corrected chi connectivity index (χ4v) is 2.78. The minimum atomic E-state index is -0.0939. The first-order chi connectivity index (χ1) is 12.9. The van der Waals surface area contributed by atoms with Gasteiger partial charge in [-0.05, 0) is 29.2 Å². The fourth-order valence-electron chi connectivity index (χ4n) is 2.78. The van der Waals surface area contributed by atoms with Crippen molar-refractivity contribution >= 4 is 23.2 Å². The minimum absolute atomic E-state index is 0.0244. The van der Waals surface area contributed by atoms with E-state index in [4.69, 9.17) is 4.74 Å². The first-order valence-corrected chi connectivity index (χ1v) is 9.82. The fraction of sp³-hybridized carbons (Fsp3) is 0.636. The second-order valence-corrected chi connectivity index (χ2v) is 8.93. The maximum absolute atomic E-state index is 12.9. The van der Waals surface area contributed by atoms with E-state index in [9.17, 15) is 9.59 Å². The number of nitrogens with zero attached hydrogens (tertiary/aromatic N) is 2. The lowest BCUT2D eigenvalue weighted by Gasteiger charge is -2.28. The van der Waals surface area contributed by atoms with Crippen LogP contribution in [0.1, 0.15) is 46.6 Å². The predicted molar refractivity (Wildman–Crippen MR) is 116 cm³/mol. The lowest BCUT2D eigenvalue weighted by atomic mass is 9.91. The third-order valence-corrected chi connectivity index (χ3v) is 4.31. The highest BCUT2D eigenvalue weighted by atomic mass is 16.5. The van der Waals surface area contributed by atoms with Crippen LogP contribution in [-0.2, 0) is 20.9 Å². The molecule has 28 heavy (non-hydrogen) atoms. The molecule has 0 saturated carbocycles. The van der Waals surface area contributed by atoms with Crippen LogP contribution in [0.2, 0.25) is 0 Å². The molecule has 0 saturated heterocycles. The molecule has 0 atom stereocenters. The lowest BCUT2D eigenvalue weighted by molar-refractivity contribution is -0.134. The predicted octanol–water partition coefficient (Wildman–Crippen LogP) is 3.76. The summed E-state index contributed by atoms with van der Waals surface area (Å²) in [5.74, 6) is -0.0157. The van der Waals surface area contributed by atoms with Crippen LogP contribution in [0.4, 0.5) is 11.4 Å². The topological polar surface area (TPSA) is 61.9 Å². The zero-order valence-electron chi connectivity index (χ0n) is 18.8. The van der Waals surface area contributed by atoms with Crippen LogP contribution in [0.3, 0.4) is 0 Å². The van der Waals surface area contributed by atoms with Crippen LogP contribution in [-0.4, -0.2) is 51.1 Å².